The number of nitrogens with one attached hydrogen (secondary N) is 1. The summed E-state index contributed by atoms with van der Waals surface area (Å²) in [7, 11) is 0. The molecule has 0 amide bonds. The average Bonchev–Trinajstić information content (AvgIpc) is 2.48. The van der Waals surface area contributed by atoms with Crippen molar-refractivity contribution in [2.45, 2.75) is 0 Å². The van der Waals surface area contributed by atoms with Crippen LogP contribution < -0.4 is 5.56 Å². The van der Waals surface area contributed by atoms with Gasteiger partial charge in [0.15, 0.2) is 5.82 Å². The summed E-state index contributed by atoms with van der Waals surface area (Å²) in [5.41, 5.74) is 1.25. The molecule has 3 rings (SSSR count). The van der Waals surface area contributed by atoms with Crippen LogP contribution in [0.25, 0.3) is 22.0 Å². The predicted octanol–water partition coefficient (Wildman–Crippen LogP) is 3.06. The number of rotatable bonds is 2. The normalized spacial score (nSPS) is 11.8. The molecule has 1 aromatic carbocycles. The Bertz CT molecular complexity index is 840. The second-order valence-electron chi connectivity index (χ2n) is 4.21. The number of benzene rings is 1. The fourth-order valence-electron chi connectivity index (χ4n) is 1.88. The first-order chi connectivity index (χ1) is 9.74. The van der Waals surface area contributed by atoms with Gasteiger partial charge < -0.3 is 4.98 Å². The maximum absolute atomic E-state index is 12.0. The van der Waals surface area contributed by atoms with Crippen LogP contribution in [0.5, 0.6) is 0 Å². The summed E-state index contributed by atoms with van der Waals surface area (Å²) in [5, 5.41) is 0.906. The zero-order valence-electron chi connectivity index (χ0n) is 10.4. The molecule has 0 aliphatic carbocycles. The Labute approximate surface area is 119 Å². The molecule has 0 bridgehead atoms. The summed E-state index contributed by atoms with van der Waals surface area (Å²) >= 11 is 6.21. The molecule has 2 aromatic heterocycles. The van der Waals surface area contributed by atoms with Crippen LogP contribution in [-0.4, -0.2) is 15.0 Å². The van der Waals surface area contributed by atoms with Crippen molar-refractivity contribution in [1.29, 1.82) is 0 Å². The van der Waals surface area contributed by atoms with E-state index in [2.05, 4.69) is 15.0 Å². The summed E-state index contributed by atoms with van der Waals surface area (Å²) in [5.74, 6) is 0.346. The SMILES string of the molecule is O=c1[nH]c(C(Cl)=Cc2cccnc2)nc2ccccc12. The number of nitrogens with zero attached hydrogens (tertiary/aromatic N) is 2. The first-order valence-electron chi connectivity index (χ1n) is 6.01. The maximum atomic E-state index is 12.0. The Kier molecular flexibility index (Phi) is 3.31. The lowest BCUT2D eigenvalue weighted by molar-refractivity contribution is 1.14. The zero-order chi connectivity index (χ0) is 13.9. The molecule has 20 heavy (non-hydrogen) atoms. The van der Waals surface area contributed by atoms with E-state index in [1.54, 1.807) is 36.7 Å². The first kappa shape index (κ1) is 12.6. The summed E-state index contributed by atoms with van der Waals surface area (Å²) < 4.78 is 0. The van der Waals surface area contributed by atoms with Crippen molar-refractivity contribution >= 4 is 33.6 Å². The van der Waals surface area contributed by atoms with Crippen molar-refractivity contribution in [3.63, 3.8) is 0 Å². The number of aromatic amines is 1. The molecule has 0 aliphatic heterocycles. The van der Waals surface area contributed by atoms with Gasteiger partial charge in [-0.2, -0.15) is 0 Å². The number of H-pyrrole nitrogens is 1. The van der Waals surface area contributed by atoms with Gasteiger partial charge in [-0.3, -0.25) is 9.78 Å². The molecule has 2 heterocycles. The van der Waals surface area contributed by atoms with Crippen LogP contribution in [-0.2, 0) is 0 Å². The molecule has 0 atom stereocenters. The van der Waals surface area contributed by atoms with Crippen LogP contribution in [0.4, 0.5) is 0 Å². The van der Waals surface area contributed by atoms with Gasteiger partial charge >= 0.3 is 0 Å². The minimum absolute atomic E-state index is 0.205. The lowest BCUT2D eigenvalue weighted by atomic mass is 10.2. The Morgan fingerprint density at radius 1 is 1.20 bits per heavy atom. The Morgan fingerprint density at radius 3 is 2.85 bits per heavy atom. The standard InChI is InChI=1S/C15H10ClN3O/c16-12(8-10-4-3-7-17-9-10)14-18-13-6-2-1-5-11(13)15(20)19-14/h1-9H,(H,18,19,20). The fourth-order valence-corrected chi connectivity index (χ4v) is 2.09. The van der Waals surface area contributed by atoms with E-state index in [-0.39, 0.29) is 5.56 Å². The van der Waals surface area contributed by atoms with Gasteiger partial charge in [0.1, 0.15) is 0 Å². The van der Waals surface area contributed by atoms with Crippen LogP contribution in [0, 0.1) is 0 Å². The summed E-state index contributed by atoms with van der Waals surface area (Å²) in [4.78, 5) is 23.0. The Balaban J connectivity index is 2.11. The van der Waals surface area contributed by atoms with Gasteiger partial charge in [-0.15, -0.1) is 0 Å². The van der Waals surface area contributed by atoms with Crippen LogP contribution in [0.1, 0.15) is 11.4 Å². The van der Waals surface area contributed by atoms with Crippen molar-refractivity contribution < 1.29 is 0 Å². The van der Waals surface area contributed by atoms with Crippen molar-refractivity contribution in [3.8, 4) is 0 Å². The Morgan fingerprint density at radius 2 is 2.05 bits per heavy atom. The zero-order valence-corrected chi connectivity index (χ0v) is 11.1. The van der Waals surface area contributed by atoms with Gasteiger partial charge in [0.2, 0.25) is 0 Å². The molecule has 4 nitrogen and oxygen atoms in total. The highest BCUT2D eigenvalue weighted by atomic mass is 35.5. The van der Waals surface area contributed by atoms with Crippen molar-refractivity contribution in [1.82, 2.24) is 15.0 Å². The summed E-state index contributed by atoms with van der Waals surface area (Å²) in [6, 6.07) is 10.8. The van der Waals surface area contributed by atoms with E-state index in [4.69, 9.17) is 11.6 Å². The Hall–Kier alpha value is -2.46. The lowest BCUT2D eigenvalue weighted by Gasteiger charge is -2.02. The van der Waals surface area contributed by atoms with Crippen LogP contribution in [0.2, 0.25) is 0 Å². The fraction of sp³-hybridized carbons (Fsp3) is 0. The average molecular weight is 284 g/mol. The molecule has 1 N–H and O–H groups in total. The number of fused-ring (bicyclic) bond motifs is 1. The minimum atomic E-state index is -0.205. The third kappa shape index (κ3) is 2.46. The van der Waals surface area contributed by atoms with Crippen molar-refractivity contribution in [2.75, 3.05) is 0 Å². The van der Waals surface area contributed by atoms with Crippen molar-refractivity contribution in [3.05, 3.63) is 70.5 Å². The van der Waals surface area contributed by atoms with E-state index >= 15 is 0 Å². The molecule has 3 aromatic rings. The lowest BCUT2D eigenvalue weighted by Crippen LogP contribution is -2.10. The monoisotopic (exact) mass is 283 g/mol. The number of halogens is 1. The number of aromatic nitrogens is 3. The molecule has 0 fully saturated rings. The van der Waals surface area contributed by atoms with Gasteiger partial charge in [0.25, 0.3) is 5.56 Å². The molecule has 0 unspecified atom stereocenters. The molecule has 0 saturated carbocycles. The third-order valence-electron chi connectivity index (χ3n) is 2.82. The van der Waals surface area contributed by atoms with Gasteiger partial charge in [0.05, 0.1) is 15.9 Å². The van der Waals surface area contributed by atoms with Crippen LogP contribution >= 0.6 is 11.6 Å². The number of para-hydroxylation sites is 1. The molecule has 0 spiro atoms. The van der Waals surface area contributed by atoms with Gasteiger partial charge in [-0.05, 0) is 29.8 Å². The number of pyridine rings is 1. The second kappa shape index (κ2) is 5.27. The van der Waals surface area contributed by atoms with Crippen LogP contribution in [0.15, 0.2) is 53.6 Å². The summed E-state index contributed by atoms with van der Waals surface area (Å²) in [6.45, 7) is 0. The molecule has 0 saturated heterocycles. The first-order valence-corrected chi connectivity index (χ1v) is 6.38. The van der Waals surface area contributed by atoms with E-state index in [9.17, 15) is 4.79 Å². The molecule has 98 valence electrons. The maximum Gasteiger partial charge on any atom is 0.259 e. The van der Waals surface area contributed by atoms with Gasteiger partial charge in [-0.1, -0.05) is 29.8 Å². The predicted molar refractivity (Wildman–Crippen MR) is 80.3 cm³/mol. The molecule has 0 aliphatic rings. The third-order valence-corrected chi connectivity index (χ3v) is 3.11. The van der Waals surface area contributed by atoms with E-state index in [1.165, 1.54) is 0 Å². The van der Waals surface area contributed by atoms with E-state index < -0.39 is 0 Å². The highest BCUT2D eigenvalue weighted by Crippen LogP contribution is 2.19. The van der Waals surface area contributed by atoms with Gasteiger partial charge in [-0.25, -0.2) is 4.98 Å². The molecular weight excluding hydrogens is 274 g/mol. The van der Waals surface area contributed by atoms with Crippen molar-refractivity contribution in [2.24, 2.45) is 0 Å². The topological polar surface area (TPSA) is 58.6 Å². The molecule has 0 radical (unpaired) electrons. The molecule has 5 heteroatoms. The van der Waals surface area contributed by atoms with E-state index in [0.29, 0.717) is 21.8 Å². The largest absolute Gasteiger partial charge is 0.305 e. The highest BCUT2D eigenvalue weighted by molar-refractivity contribution is 6.50. The van der Waals surface area contributed by atoms with Crippen LogP contribution in [0.3, 0.4) is 0 Å². The smallest absolute Gasteiger partial charge is 0.259 e. The molecular formula is C15H10ClN3O. The number of hydrogen-bond donors (Lipinski definition) is 1. The highest BCUT2D eigenvalue weighted by Gasteiger charge is 2.06. The minimum Gasteiger partial charge on any atom is -0.305 e. The summed E-state index contributed by atoms with van der Waals surface area (Å²) in [6.07, 6.45) is 5.07. The second-order valence-corrected chi connectivity index (χ2v) is 4.62. The van der Waals surface area contributed by atoms with E-state index in [1.807, 2.05) is 18.2 Å². The number of hydrogen-bond acceptors (Lipinski definition) is 3. The quantitative estimate of drug-likeness (QED) is 0.786. The van der Waals surface area contributed by atoms with E-state index in [0.717, 1.165) is 5.56 Å². The van der Waals surface area contributed by atoms with Gasteiger partial charge in [0, 0.05) is 12.4 Å².